The zero-order valence-electron chi connectivity index (χ0n) is 9.98. The average molecular weight is 231 g/mol. The van der Waals surface area contributed by atoms with Gasteiger partial charge in [-0.3, -0.25) is 4.79 Å². The molecule has 1 aromatic heterocycles. The first-order valence-corrected chi connectivity index (χ1v) is 5.96. The predicted molar refractivity (Wildman–Crippen MR) is 68.0 cm³/mol. The fourth-order valence-corrected chi connectivity index (χ4v) is 1.88. The number of hydrogen-bond donors (Lipinski definition) is 1. The highest BCUT2D eigenvalue weighted by Gasteiger charge is 2.16. The zero-order valence-corrected chi connectivity index (χ0v) is 9.98. The van der Waals surface area contributed by atoms with Crippen molar-refractivity contribution in [3.05, 3.63) is 36.1 Å². The monoisotopic (exact) mass is 231 g/mol. The molecule has 0 radical (unpaired) electrons. The van der Waals surface area contributed by atoms with Crippen LogP contribution in [0.4, 0.5) is 0 Å². The molecule has 1 atom stereocenters. The second-order valence-electron chi connectivity index (χ2n) is 4.29. The van der Waals surface area contributed by atoms with E-state index in [1.165, 1.54) is 0 Å². The molecule has 3 nitrogen and oxygen atoms in total. The number of Topliss-reactive ketones (excluding diaryl/α,β-unsaturated/α-hetero) is 1. The third-order valence-electron chi connectivity index (χ3n) is 3.09. The van der Waals surface area contributed by atoms with Crippen molar-refractivity contribution in [2.24, 2.45) is 11.7 Å². The molecular weight excluding hydrogens is 214 g/mol. The van der Waals surface area contributed by atoms with Crippen LogP contribution in [0.25, 0.3) is 11.0 Å². The molecule has 3 heteroatoms. The zero-order chi connectivity index (χ0) is 12.3. The normalized spacial score (nSPS) is 12.8. The Kier molecular flexibility index (Phi) is 3.59. The number of rotatable bonds is 5. The Morgan fingerprint density at radius 1 is 1.41 bits per heavy atom. The molecule has 1 aromatic carbocycles. The minimum absolute atomic E-state index is 0.0403. The highest BCUT2D eigenvalue weighted by atomic mass is 16.3. The molecule has 2 rings (SSSR count). The van der Waals surface area contributed by atoms with E-state index in [1.54, 1.807) is 6.07 Å². The lowest BCUT2D eigenvalue weighted by Gasteiger charge is -2.08. The van der Waals surface area contributed by atoms with Gasteiger partial charge in [0.1, 0.15) is 5.58 Å². The second kappa shape index (κ2) is 5.15. The molecule has 0 saturated carbocycles. The van der Waals surface area contributed by atoms with E-state index >= 15 is 0 Å². The second-order valence-corrected chi connectivity index (χ2v) is 4.29. The largest absolute Gasteiger partial charge is 0.453 e. The van der Waals surface area contributed by atoms with Crippen LogP contribution in [0.2, 0.25) is 0 Å². The fraction of sp³-hybridized carbons (Fsp3) is 0.357. The number of carbonyl (C=O) groups excluding carboxylic acids is 1. The van der Waals surface area contributed by atoms with Gasteiger partial charge in [-0.15, -0.1) is 0 Å². The van der Waals surface area contributed by atoms with Gasteiger partial charge in [0.05, 0.1) is 0 Å². The van der Waals surface area contributed by atoms with Crippen LogP contribution in [0.3, 0.4) is 0 Å². The lowest BCUT2D eigenvalue weighted by Crippen LogP contribution is -2.17. The van der Waals surface area contributed by atoms with Gasteiger partial charge < -0.3 is 10.2 Å². The van der Waals surface area contributed by atoms with Crippen LogP contribution in [0.5, 0.6) is 0 Å². The summed E-state index contributed by atoms with van der Waals surface area (Å²) in [5.74, 6) is 0.729. The Morgan fingerprint density at radius 2 is 2.18 bits per heavy atom. The van der Waals surface area contributed by atoms with Gasteiger partial charge in [0, 0.05) is 11.8 Å². The highest BCUT2D eigenvalue weighted by Crippen LogP contribution is 2.21. The Hall–Kier alpha value is -1.61. The summed E-state index contributed by atoms with van der Waals surface area (Å²) >= 11 is 0. The minimum Gasteiger partial charge on any atom is -0.453 e. The summed E-state index contributed by atoms with van der Waals surface area (Å²) in [7, 11) is 0. The Labute approximate surface area is 101 Å². The molecular formula is C14H17NO2. The van der Waals surface area contributed by atoms with Crippen LogP contribution < -0.4 is 5.73 Å². The summed E-state index contributed by atoms with van der Waals surface area (Å²) in [6.07, 6.45) is 1.38. The van der Waals surface area contributed by atoms with E-state index < -0.39 is 0 Å². The number of carbonyl (C=O) groups is 1. The number of furan rings is 1. The minimum atomic E-state index is 0.0403. The first kappa shape index (κ1) is 11.9. The topological polar surface area (TPSA) is 56.2 Å². The first-order valence-electron chi connectivity index (χ1n) is 5.96. The van der Waals surface area contributed by atoms with Gasteiger partial charge >= 0.3 is 0 Å². The van der Waals surface area contributed by atoms with Gasteiger partial charge in [0.15, 0.2) is 11.5 Å². The molecule has 0 aliphatic rings. The van der Waals surface area contributed by atoms with Crippen LogP contribution in [0, 0.1) is 5.92 Å². The van der Waals surface area contributed by atoms with Crippen molar-refractivity contribution >= 4 is 16.8 Å². The van der Waals surface area contributed by atoms with Crippen molar-refractivity contribution in [2.45, 2.75) is 19.8 Å². The van der Waals surface area contributed by atoms with E-state index in [-0.39, 0.29) is 11.7 Å². The molecule has 17 heavy (non-hydrogen) atoms. The fourth-order valence-electron chi connectivity index (χ4n) is 1.88. The molecule has 0 bridgehead atoms. The summed E-state index contributed by atoms with van der Waals surface area (Å²) in [5, 5.41) is 0.969. The Bertz CT molecular complexity index is 479. The van der Waals surface area contributed by atoms with Gasteiger partial charge in [-0.05, 0) is 24.6 Å². The summed E-state index contributed by atoms with van der Waals surface area (Å²) < 4.78 is 5.53. The van der Waals surface area contributed by atoms with Crippen molar-refractivity contribution in [1.82, 2.24) is 0 Å². The third kappa shape index (κ3) is 2.56. The molecule has 0 aliphatic carbocycles. The molecule has 2 N–H and O–H groups in total. The van der Waals surface area contributed by atoms with Crippen LogP contribution >= 0.6 is 0 Å². The smallest absolute Gasteiger partial charge is 0.198 e. The maximum Gasteiger partial charge on any atom is 0.198 e. The number of ketones is 1. The maximum absolute atomic E-state index is 12.0. The predicted octanol–water partition coefficient (Wildman–Crippen LogP) is 2.99. The van der Waals surface area contributed by atoms with Crippen molar-refractivity contribution in [1.29, 1.82) is 0 Å². The van der Waals surface area contributed by atoms with Gasteiger partial charge in [0.2, 0.25) is 0 Å². The molecule has 0 aliphatic heterocycles. The van der Waals surface area contributed by atoms with E-state index in [4.69, 9.17) is 10.2 Å². The summed E-state index contributed by atoms with van der Waals surface area (Å²) in [4.78, 5) is 12.0. The van der Waals surface area contributed by atoms with Crippen LogP contribution in [-0.4, -0.2) is 12.3 Å². The summed E-state index contributed by atoms with van der Waals surface area (Å²) in [5.41, 5.74) is 6.36. The Balaban J connectivity index is 2.19. The summed E-state index contributed by atoms with van der Waals surface area (Å²) in [6, 6.07) is 9.44. The maximum atomic E-state index is 12.0. The van der Waals surface area contributed by atoms with E-state index in [9.17, 15) is 4.79 Å². The van der Waals surface area contributed by atoms with E-state index in [0.29, 0.717) is 18.7 Å². The molecule has 0 fully saturated rings. The van der Waals surface area contributed by atoms with Crippen molar-refractivity contribution in [3.8, 4) is 0 Å². The van der Waals surface area contributed by atoms with Crippen LogP contribution in [0.1, 0.15) is 30.3 Å². The number of para-hydroxylation sites is 1. The third-order valence-corrected chi connectivity index (χ3v) is 3.09. The van der Waals surface area contributed by atoms with Gasteiger partial charge in [-0.25, -0.2) is 0 Å². The van der Waals surface area contributed by atoms with Gasteiger partial charge in [-0.2, -0.15) is 0 Å². The quantitative estimate of drug-likeness (QED) is 0.805. The number of fused-ring (bicyclic) bond motifs is 1. The van der Waals surface area contributed by atoms with Gasteiger partial charge in [-0.1, -0.05) is 31.5 Å². The van der Waals surface area contributed by atoms with Crippen LogP contribution in [-0.2, 0) is 0 Å². The molecule has 1 unspecified atom stereocenters. The Morgan fingerprint density at radius 3 is 2.82 bits per heavy atom. The summed E-state index contributed by atoms with van der Waals surface area (Å²) in [6.45, 7) is 2.59. The highest BCUT2D eigenvalue weighted by molar-refractivity contribution is 5.97. The van der Waals surface area contributed by atoms with E-state index in [0.717, 1.165) is 17.4 Å². The standard InChI is InChI=1S/C14H17NO2/c1-2-10(9-15)7-12(16)14-8-11-5-3-4-6-13(11)17-14/h3-6,8,10H,2,7,9,15H2,1H3. The van der Waals surface area contributed by atoms with E-state index in [1.807, 2.05) is 31.2 Å². The van der Waals surface area contributed by atoms with E-state index in [2.05, 4.69) is 0 Å². The average Bonchev–Trinajstić information content (AvgIpc) is 2.79. The molecule has 0 spiro atoms. The number of benzene rings is 1. The molecule has 90 valence electrons. The molecule has 0 saturated heterocycles. The SMILES string of the molecule is CCC(CN)CC(=O)c1cc2ccccc2o1. The van der Waals surface area contributed by atoms with Crippen molar-refractivity contribution < 1.29 is 9.21 Å². The first-order chi connectivity index (χ1) is 8.24. The lowest BCUT2D eigenvalue weighted by molar-refractivity contribution is 0.0936. The van der Waals surface area contributed by atoms with Crippen LogP contribution in [0.15, 0.2) is 34.7 Å². The molecule has 0 amide bonds. The molecule has 2 aromatic rings. The lowest BCUT2D eigenvalue weighted by atomic mass is 9.99. The van der Waals surface area contributed by atoms with Crippen molar-refractivity contribution in [3.63, 3.8) is 0 Å². The molecule has 1 heterocycles. The number of hydrogen-bond acceptors (Lipinski definition) is 3. The van der Waals surface area contributed by atoms with Crippen molar-refractivity contribution in [2.75, 3.05) is 6.54 Å². The number of nitrogens with two attached hydrogens (primary N) is 1. The van der Waals surface area contributed by atoms with Gasteiger partial charge in [0.25, 0.3) is 0 Å².